The number of aliphatic hydroxyl groups is 1. The Bertz CT molecular complexity index is 361. The molecule has 15 heavy (non-hydrogen) atoms. The van der Waals surface area contributed by atoms with E-state index in [1.165, 1.54) is 0 Å². The van der Waals surface area contributed by atoms with Crippen LogP contribution in [0, 0.1) is 20.8 Å². The second kappa shape index (κ2) is 4.67. The highest BCUT2D eigenvalue weighted by Crippen LogP contribution is 2.30. The van der Waals surface area contributed by atoms with Crippen LogP contribution >= 0.6 is 0 Å². The largest absolute Gasteiger partial charge is 0.466 e. The molecule has 0 aromatic carbocycles. The molecule has 2 nitrogen and oxygen atoms in total. The summed E-state index contributed by atoms with van der Waals surface area (Å²) in [7, 11) is 0. The molecule has 1 unspecified atom stereocenters. The fraction of sp³-hybridized carbons (Fsp3) is 0.538. The molecule has 0 amide bonds. The minimum absolute atomic E-state index is 0.431. The highest BCUT2D eigenvalue weighted by Gasteiger charge is 2.18. The number of aryl methyl sites for hydroxylation is 2. The molecule has 0 saturated carbocycles. The molecule has 1 aromatic heterocycles. The van der Waals surface area contributed by atoms with Gasteiger partial charge in [0, 0.05) is 5.56 Å². The molecule has 1 atom stereocenters. The van der Waals surface area contributed by atoms with Gasteiger partial charge in [0.15, 0.2) is 0 Å². The van der Waals surface area contributed by atoms with Crippen LogP contribution < -0.4 is 0 Å². The van der Waals surface area contributed by atoms with Crippen LogP contribution in [0.1, 0.15) is 48.5 Å². The number of furan rings is 1. The highest BCUT2D eigenvalue weighted by molar-refractivity contribution is 5.33. The summed E-state index contributed by atoms with van der Waals surface area (Å²) in [5.41, 5.74) is 3.13. The highest BCUT2D eigenvalue weighted by atomic mass is 16.3. The molecular weight excluding hydrogens is 188 g/mol. The summed E-state index contributed by atoms with van der Waals surface area (Å²) in [4.78, 5) is 0. The van der Waals surface area contributed by atoms with Gasteiger partial charge in [-0.15, -0.1) is 6.58 Å². The smallest absolute Gasteiger partial charge is 0.107 e. The molecule has 0 aliphatic carbocycles. The number of hydrogen-bond donors (Lipinski definition) is 1. The Morgan fingerprint density at radius 1 is 1.33 bits per heavy atom. The second-order valence-electron chi connectivity index (χ2n) is 4.26. The van der Waals surface area contributed by atoms with Crippen molar-refractivity contribution in [2.24, 2.45) is 0 Å². The van der Waals surface area contributed by atoms with Crippen molar-refractivity contribution < 1.29 is 9.52 Å². The first-order chi connectivity index (χ1) is 6.93. The van der Waals surface area contributed by atoms with E-state index < -0.39 is 6.10 Å². The van der Waals surface area contributed by atoms with Crippen LogP contribution in [0.3, 0.4) is 0 Å². The summed E-state index contributed by atoms with van der Waals surface area (Å²) in [6, 6.07) is 0. The summed E-state index contributed by atoms with van der Waals surface area (Å²) in [6.45, 7) is 11.6. The lowest BCUT2D eigenvalue weighted by Crippen LogP contribution is -2.00. The van der Waals surface area contributed by atoms with Crippen LogP contribution in [-0.2, 0) is 0 Å². The molecule has 0 fully saturated rings. The van der Waals surface area contributed by atoms with Crippen LogP contribution in [0.5, 0.6) is 0 Å². The monoisotopic (exact) mass is 208 g/mol. The van der Waals surface area contributed by atoms with E-state index in [1.807, 2.05) is 27.7 Å². The third-order valence-corrected chi connectivity index (χ3v) is 2.80. The van der Waals surface area contributed by atoms with Gasteiger partial charge >= 0.3 is 0 Å². The Morgan fingerprint density at radius 2 is 1.93 bits per heavy atom. The Morgan fingerprint density at radius 3 is 2.33 bits per heavy atom. The summed E-state index contributed by atoms with van der Waals surface area (Å²) in [6.07, 6.45) is 1.14. The number of aliphatic hydroxyl groups excluding tert-OH is 1. The topological polar surface area (TPSA) is 33.4 Å². The zero-order chi connectivity index (χ0) is 11.6. The second-order valence-corrected chi connectivity index (χ2v) is 4.26. The van der Waals surface area contributed by atoms with E-state index in [0.717, 1.165) is 41.1 Å². The van der Waals surface area contributed by atoms with Crippen LogP contribution in [0.15, 0.2) is 16.6 Å². The Hall–Kier alpha value is -1.02. The molecule has 1 heterocycles. The van der Waals surface area contributed by atoms with Crippen molar-refractivity contribution >= 4 is 0 Å². The maximum absolute atomic E-state index is 10.0. The van der Waals surface area contributed by atoms with Gasteiger partial charge in [-0.1, -0.05) is 5.57 Å². The Kier molecular flexibility index (Phi) is 3.75. The van der Waals surface area contributed by atoms with Gasteiger partial charge < -0.3 is 9.52 Å². The fourth-order valence-electron chi connectivity index (χ4n) is 1.83. The minimum atomic E-state index is -0.431. The third-order valence-electron chi connectivity index (χ3n) is 2.80. The number of allylic oxidation sites excluding steroid dienone is 1. The molecule has 2 heteroatoms. The number of rotatable bonds is 4. The van der Waals surface area contributed by atoms with Crippen molar-refractivity contribution in [1.82, 2.24) is 0 Å². The summed E-state index contributed by atoms with van der Waals surface area (Å²) in [5, 5.41) is 10.0. The predicted molar refractivity (Wildman–Crippen MR) is 61.9 cm³/mol. The lowest BCUT2D eigenvalue weighted by Gasteiger charge is -2.10. The van der Waals surface area contributed by atoms with Gasteiger partial charge in [-0.3, -0.25) is 0 Å². The van der Waals surface area contributed by atoms with E-state index in [1.54, 1.807) is 0 Å². The van der Waals surface area contributed by atoms with Gasteiger partial charge in [-0.2, -0.15) is 0 Å². The first-order valence-electron chi connectivity index (χ1n) is 5.32. The first-order valence-corrected chi connectivity index (χ1v) is 5.32. The first kappa shape index (κ1) is 12.1. The van der Waals surface area contributed by atoms with Crippen LogP contribution in [-0.4, -0.2) is 5.11 Å². The molecule has 0 aliphatic heterocycles. The maximum Gasteiger partial charge on any atom is 0.107 e. The van der Waals surface area contributed by atoms with E-state index in [4.69, 9.17) is 4.42 Å². The molecule has 1 N–H and O–H groups in total. The summed E-state index contributed by atoms with van der Waals surface area (Å²) in [5.74, 6) is 1.73. The summed E-state index contributed by atoms with van der Waals surface area (Å²) < 4.78 is 5.49. The molecule has 0 aliphatic rings. The van der Waals surface area contributed by atoms with Crippen molar-refractivity contribution in [3.8, 4) is 0 Å². The molecule has 84 valence electrons. The Balaban J connectivity index is 2.81. The minimum Gasteiger partial charge on any atom is -0.466 e. The van der Waals surface area contributed by atoms with Gasteiger partial charge in [0.1, 0.15) is 11.5 Å². The lowest BCUT2D eigenvalue weighted by molar-refractivity contribution is 0.165. The van der Waals surface area contributed by atoms with E-state index in [2.05, 4.69) is 6.58 Å². The maximum atomic E-state index is 10.0. The zero-order valence-corrected chi connectivity index (χ0v) is 10.1. The van der Waals surface area contributed by atoms with Crippen molar-refractivity contribution in [2.75, 3.05) is 0 Å². The SMILES string of the molecule is C=C(C)CCC(O)c1c(C)oc(C)c1C. The average molecular weight is 208 g/mol. The van der Waals surface area contributed by atoms with Gasteiger partial charge in [-0.25, -0.2) is 0 Å². The van der Waals surface area contributed by atoms with Gasteiger partial charge in [0.05, 0.1) is 6.10 Å². The average Bonchev–Trinajstić information content (AvgIpc) is 2.37. The quantitative estimate of drug-likeness (QED) is 0.767. The molecule has 0 spiro atoms. The van der Waals surface area contributed by atoms with Crippen molar-refractivity contribution in [3.63, 3.8) is 0 Å². The van der Waals surface area contributed by atoms with Crippen LogP contribution in [0.25, 0.3) is 0 Å². The van der Waals surface area contributed by atoms with E-state index in [0.29, 0.717) is 0 Å². The molecule has 1 rings (SSSR count). The molecule has 0 radical (unpaired) electrons. The van der Waals surface area contributed by atoms with Gasteiger partial charge in [0.2, 0.25) is 0 Å². The van der Waals surface area contributed by atoms with Crippen LogP contribution in [0.4, 0.5) is 0 Å². The van der Waals surface area contributed by atoms with E-state index in [9.17, 15) is 5.11 Å². The molecule has 1 aromatic rings. The molecular formula is C13H20O2. The van der Waals surface area contributed by atoms with Crippen molar-refractivity contribution in [3.05, 3.63) is 34.8 Å². The fourth-order valence-corrected chi connectivity index (χ4v) is 1.83. The lowest BCUT2D eigenvalue weighted by atomic mass is 9.99. The molecule has 0 saturated heterocycles. The normalized spacial score (nSPS) is 12.9. The number of hydrogen-bond acceptors (Lipinski definition) is 2. The van der Waals surface area contributed by atoms with Gasteiger partial charge in [0.25, 0.3) is 0 Å². The van der Waals surface area contributed by atoms with E-state index >= 15 is 0 Å². The predicted octanol–water partition coefficient (Wildman–Crippen LogP) is 3.59. The summed E-state index contributed by atoms with van der Waals surface area (Å²) >= 11 is 0. The van der Waals surface area contributed by atoms with Crippen LogP contribution in [0.2, 0.25) is 0 Å². The van der Waals surface area contributed by atoms with Crippen molar-refractivity contribution in [2.45, 2.75) is 46.6 Å². The van der Waals surface area contributed by atoms with Gasteiger partial charge in [-0.05, 0) is 46.1 Å². The molecule has 0 bridgehead atoms. The van der Waals surface area contributed by atoms with E-state index in [-0.39, 0.29) is 0 Å². The Labute approximate surface area is 91.6 Å². The standard InChI is InChI=1S/C13H20O2/c1-8(2)6-7-12(14)13-9(3)10(4)15-11(13)5/h12,14H,1,6-7H2,2-5H3. The zero-order valence-electron chi connectivity index (χ0n) is 10.1. The van der Waals surface area contributed by atoms with Crippen molar-refractivity contribution in [1.29, 1.82) is 0 Å². The third kappa shape index (κ3) is 2.72.